The van der Waals surface area contributed by atoms with Gasteiger partial charge in [-0.3, -0.25) is 0 Å². The molecule has 1 aliphatic heterocycles. The summed E-state index contributed by atoms with van der Waals surface area (Å²) in [6.07, 6.45) is 2.06. The maximum absolute atomic E-state index is 12.3. The van der Waals surface area contributed by atoms with E-state index in [1.165, 1.54) is 0 Å². The third-order valence-corrected chi connectivity index (χ3v) is 3.83. The molecule has 1 fully saturated rings. The molecule has 0 aromatic heterocycles. The number of aliphatic hydroxyl groups excluding tert-OH is 1. The molecule has 2 N–H and O–H groups in total. The van der Waals surface area contributed by atoms with Crippen molar-refractivity contribution in [3.63, 3.8) is 0 Å². The van der Waals surface area contributed by atoms with Gasteiger partial charge in [0.2, 0.25) is 0 Å². The zero-order valence-corrected chi connectivity index (χ0v) is 12.8. The van der Waals surface area contributed by atoms with Gasteiger partial charge in [0.25, 0.3) is 0 Å². The normalized spacial score (nSPS) is 15.3. The third-order valence-electron chi connectivity index (χ3n) is 3.60. The molecule has 4 nitrogen and oxygen atoms in total. The van der Waals surface area contributed by atoms with Crippen molar-refractivity contribution in [3.8, 4) is 11.8 Å². The molecule has 0 unspecified atom stereocenters. The minimum atomic E-state index is -0.222. The summed E-state index contributed by atoms with van der Waals surface area (Å²) < 4.78 is 0. The van der Waals surface area contributed by atoms with Crippen molar-refractivity contribution >= 4 is 23.3 Å². The van der Waals surface area contributed by atoms with Crippen LogP contribution in [0.4, 0.5) is 10.5 Å². The lowest BCUT2D eigenvalue weighted by atomic mass is 10.00. The van der Waals surface area contributed by atoms with Crippen LogP contribution in [-0.4, -0.2) is 35.7 Å². The van der Waals surface area contributed by atoms with Crippen LogP contribution in [0.3, 0.4) is 0 Å². The number of nitrogens with one attached hydrogen (secondary N) is 1. The van der Waals surface area contributed by atoms with E-state index in [9.17, 15) is 4.79 Å². The molecule has 1 aromatic rings. The Labute approximate surface area is 130 Å². The third kappa shape index (κ3) is 4.38. The first kappa shape index (κ1) is 15.7. The van der Waals surface area contributed by atoms with Gasteiger partial charge < -0.3 is 15.3 Å². The lowest BCUT2D eigenvalue weighted by Crippen LogP contribution is -2.40. The second-order valence-corrected chi connectivity index (χ2v) is 5.69. The molecule has 0 saturated carbocycles. The van der Waals surface area contributed by atoms with E-state index in [1.54, 1.807) is 18.2 Å². The smallest absolute Gasteiger partial charge is 0.321 e. The minimum Gasteiger partial charge on any atom is -0.384 e. The maximum Gasteiger partial charge on any atom is 0.321 e. The highest BCUT2D eigenvalue weighted by Gasteiger charge is 2.20. The van der Waals surface area contributed by atoms with Gasteiger partial charge in [-0.1, -0.05) is 30.4 Å². The number of carbonyl (C=O) groups excluding carboxylic acids is 1. The summed E-state index contributed by atoms with van der Waals surface area (Å²) in [4.78, 5) is 14.1. The van der Waals surface area contributed by atoms with Crippen molar-refractivity contribution in [2.24, 2.45) is 5.92 Å². The number of anilines is 1. The topological polar surface area (TPSA) is 52.6 Å². The molecule has 5 heteroatoms. The van der Waals surface area contributed by atoms with Crippen LogP contribution in [0.1, 0.15) is 25.3 Å². The maximum atomic E-state index is 12.3. The zero-order valence-electron chi connectivity index (χ0n) is 12.0. The largest absolute Gasteiger partial charge is 0.384 e. The molecule has 112 valence electrons. The van der Waals surface area contributed by atoms with Crippen molar-refractivity contribution in [1.82, 2.24) is 4.90 Å². The molecule has 21 heavy (non-hydrogen) atoms. The summed E-state index contributed by atoms with van der Waals surface area (Å²) in [5.41, 5.74) is 1.22. The Morgan fingerprint density at radius 3 is 2.86 bits per heavy atom. The summed E-state index contributed by atoms with van der Waals surface area (Å²) in [5, 5.41) is 12.2. The van der Waals surface area contributed by atoms with Gasteiger partial charge in [0.15, 0.2) is 0 Å². The van der Waals surface area contributed by atoms with Gasteiger partial charge in [0, 0.05) is 23.7 Å². The van der Waals surface area contributed by atoms with Gasteiger partial charge in [0.05, 0.1) is 5.69 Å². The van der Waals surface area contributed by atoms with Crippen LogP contribution in [0.15, 0.2) is 18.2 Å². The second-order valence-electron chi connectivity index (χ2n) is 5.25. The van der Waals surface area contributed by atoms with Gasteiger partial charge >= 0.3 is 6.03 Å². The summed E-state index contributed by atoms with van der Waals surface area (Å²) in [6.45, 7) is 3.52. The first-order chi connectivity index (χ1) is 10.1. The van der Waals surface area contributed by atoms with Gasteiger partial charge in [-0.25, -0.2) is 4.79 Å². The molecule has 1 saturated heterocycles. The Morgan fingerprint density at radius 2 is 2.19 bits per heavy atom. The monoisotopic (exact) mass is 306 g/mol. The number of nitrogens with zero attached hydrogens (tertiary/aromatic N) is 1. The Morgan fingerprint density at radius 1 is 1.48 bits per heavy atom. The van der Waals surface area contributed by atoms with E-state index in [1.807, 2.05) is 4.90 Å². The van der Waals surface area contributed by atoms with Gasteiger partial charge in [-0.05, 0) is 37.0 Å². The van der Waals surface area contributed by atoms with Gasteiger partial charge in [-0.15, -0.1) is 0 Å². The van der Waals surface area contributed by atoms with Crippen LogP contribution in [0, 0.1) is 17.8 Å². The number of urea groups is 1. The number of halogens is 1. The van der Waals surface area contributed by atoms with Crippen molar-refractivity contribution in [2.45, 2.75) is 19.8 Å². The van der Waals surface area contributed by atoms with Crippen molar-refractivity contribution in [2.75, 3.05) is 25.0 Å². The van der Waals surface area contributed by atoms with E-state index in [4.69, 9.17) is 16.7 Å². The van der Waals surface area contributed by atoms with E-state index in [2.05, 4.69) is 24.1 Å². The number of aliphatic hydroxyl groups is 1. The molecule has 1 aliphatic rings. The predicted molar refractivity (Wildman–Crippen MR) is 84.4 cm³/mol. The second kappa shape index (κ2) is 7.35. The summed E-state index contributed by atoms with van der Waals surface area (Å²) in [5.74, 6) is 6.07. The van der Waals surface area contributed by atoms with Crippen molar-refractivity contribution < 1.29 is 9.90 Å². The SMILES string of the molecule is CC1CCN(C(=O)Nc2cc(Cl)ccc2C#CCO)CC1. The number of likely N-dealkylation sites (tertiary alicyclic amines) is 1. The Hall–Kier alpha value is -1.70. The molecular weight excluding hydrogens is 288 g/mol. The van der Waals surface area contributed by atoms with Crippen LogP contribution in [0.5, 0.6) is 0 Å². The number of rotatable bonds is 1. The quantitative estimate of drug-likeness (QED) is 0.784. The molecule has 1 aromatic carbocycles. The van der Waals surface area contributed by atoms with Gasteiger partial charge in [-0.2, -0.15) is 0 Å². The number of hydrogen-bond acceptors (Lipinski definition) is 2. The van der Waals surface area contributed by atoms with Crippen LogP contribution in [0.2, 0.25) is 5.02 Å². The molecule has 0 radical (unpaired) electrons. The molecule has 0 spiro atoms. The molecule has 1 heterocycles. The predicted octanol–water partition coefficient (Wildman–Crippen LogP) is 2.95. The minimum absolute atomic E-state index is 0.129. The molecule has 0 aliphatic carbocycles. The Bertz CT molecular complexity index is 569. The number of benzene rings is 1. The lowest BCUT2D eigenvalue weighted by Gasteiger charge is -2.30. The van der Waals surface area contributed by atoms with E-state index < -0.39 is 0 Å². The number of hydrogen-bond donors (Lipinski definition) is 2. The Balaban J connectivity index is 2.11. The fraction of sp³-hybridized carbons (Fsp3) is 0.438. The van der Waals surface area contributed by atoms with Crippen LogP contribution < -0.4 is 5.32 Å². The van der Waals surface area contributed by atoms with E-state index >= 15 is 0 Å². The Kier molecular flexibility index (Phi) is 5.49. The molecule has 0 bridgehead atoms. The number of carbonyl (C=O) groups is 1. The highest BCUT2D eigenvalue weighted by atomic mass is 35.5. The fourth-order valence-electron chi connectivity index (χ4n) is 2.27. The highest BCUT2D eigenvalue weighted by Crippen LogP contribution is 2.22. The van der Waals surface area contributed by atoms with Crippen molar-refractivity contribution in [3.05, 3.63) is 28.8 Å². The van der Waals surface area contributed by atoms with Crippen LogP contribution in [0.25, 0.3) is 0 Å². The molecule has 0 atom stereocenters. The summed E-state index contributed by atoms with van der Waals surface area (Å²) in [6, 6.07) is 4.99. The molecule has 2 amide bonds. The number of amides is 2. The fourth-order valence-corrected chi connectivity index (χ4v) is 2.44. The highest BCUT2D eigenvalue weighted by molar-refractivity contribution is 6.31. The molecule has 2 rings (SSSR count). The standard InChI is InChI=1S/C16H19ClN2O2/c1-12-6-8-19(9-7-12)16(21)18-15-11-14(17)5-4-13(15)3-2-10-20/h4-5,11-12,20H,6-10H2,1H3,(H,18,21). The first-order valence-corrected chi connectivity index (χ1v) is 7.43. The summed E-state index contributed by atoms with van der Waals surface area (Å²) in [7, 11) is 0. The average molecular weight is 307 g/mol. The average Bonchev–Trinajstić information content (AvgIpc) is 2.47. The van der Waals surface area contributed by atoms with Gasteiger partial charge in [0.1, 0.15) is 6.61 Å². The van der Waals surface area contributed by atoms with Crippen molar-refractivity contribution in [1.29, 1.82) is 0 Å². The zero-order chi connectivity index (χ0) is 15.2. The van der Waals surface area contributed by atoms with E-state index in [-0.39, 0.29) is 12.6 Å². The van der Waals surface area contributed by atoms with E-state index in [0.717, 1.165) is 25.9 Å². The lowest BCUT2D eigenvalue weighted by molar-refractivity contribution is 0.186. The van der Waals surface area contributed by atoms with Crippen LogP contribution in [-0.2, 0) is 0 Å². The number of piperidine rings is 1. The first-order valence-electron chi connectivity index (χ1n) is 7.05. The van der Waals surface area contributed by atoms with E-state index in [0.29, 0.717) is 22.2 Å². The van der Waals surface area contributed by atoms with Crippen LogP contribution >= 0.6 is 11.6 Å². The summed E-state index contributed by atoms with van der Waals surface area (Å²) >= 11 is 5.98. The molecular formula is C16H19ClN2O2.